The summed E-state index contributed by atoms with van der Waals surface area (Å²) in [6.45, 7) is 2.21. The maximum absolute atomic E-state index is 9.03. The molecule has 0 bridgehead atoms. The van der Waals surface area contributed by atoms with E-state index in [1.807, 2.05) is 6.07 Å². The zero-order valence-corrected chi connectivity index (χ0v) is 11.4. The fraction of sp³-hybridized carbons (Fsp3) is 0.500. The summed E-state index contributed by atoms with van der Waals surface area (Å²) in [6, 6.07) is 1.93. The van der Waals surface area contributed by atoms with Crippen LogP contribution in [0.4, 0.5) is 0 Å². The molecule has 0 amide bonds. The molecular weight excluding hydrogens is 272 g/mol. The number of benzene rings is 1. The number of halogens is 1. The van der Waals surface area contributed by atoms with Crippen molar-refractivity contribution in [3.63, 3.8) is 0 Å². The number of rotatable bonds is 5. The number of methoxy groups -OCH3 is 2. The summed E-state index contributed by atoms with van der Waals surface area (Å²) in [4.78, 5) is 0. The van der Waals surface area contributed by atoms with Gasteiger partial charge in [0.1, 0.15) is 0 Å². The maximum atomic E-state index is 9.03. The van der Waals surface area contributed by atoms with Crippen LogP contribution in [0.3, 0.4) is 0 Å². The van der Waals surface area contributed by atoms with Gasteiger partial charge in [-0.3, -0.25) is 0 Å². The Morgan fingerprint density at radius 2 is 2.00 bits per heavy atom. The molecule has 1 N–H and O–H groups in total. The van der Waals surface area contributed by atoms with Crippen LogP contribution in [0, 0.1) is 0 Å². The van der Waals surface area contributed by atoms with Crippen LogP contribution in [0.25, 0.3) is 0 Å². The van der Waals surface area contributed by atoms with E-state index in [0.29, 0.717) is 17.9 Å². The lowest BCUT2D eigenvalue weighted by Gasteiger charge is -2.16. The number of hydrogen-bond acceptors (Lipinski definition) is 3. The molecule has 0 saturated heterocycles. The van der Waals surface area contributed by atoms with Crippen molar-refractivity contribution in [1.82, 2.24) is 0 Å². The highest BCUT2D eigenvalue weighted by Crippen LogP contribution is 2.40. The Kier molecular flexibility index (Phi) is 5.09. The quantitative estimate of drug-likeness (QED) is 0.905. The van der Waals surface area contributed by atoms with Gasteiger partial charge in [-0.1, -0.05) is 6.92 Å². The van der Waals surface area contributed by atoms with Crippen LogP contribution < -0.4 is 9.47 Å². The number of hydrogen-bond donors (Lipinski definition) is 1. The molecule has 90 valence electrons. The Bertz CT molecular complexity index is 364. The fourth-order valence-corrected chi connectivity index (χ4v) is 2.66. The molecule has 0 fully saturated rings. The van der Waals surface area contributed by atoms with Crippen LogP contribution >= 0.6 is 15.9 Å². The molecule has 0 spiro atoms. The van der Waals surface area contributed by atoms with Gasteiger partial charge in [0, 0.05) is 6.61 Å². The van der Waals surface area contributed by atoms with E-state index in [1.54, 1.807) is 14.2 Å². The van der Waals surface area contributed by atoms with Crippen molar-refractivity contribution < 1.29 is 14.6 Å². The minimum Gasteiger partial charge on any atom is -0.493 e. The van der Waals surface area contributed by atoms with Gasteiger partial charge >= 0.3 is 0 Å². The van der Waals surface area contributed by atoms with E-state index in [0.717, 1.165) is 22.0 Å². The fourth-order valence-electron chi connectivity index (χ4n) is 1.76. The van der Waals surface area contributed by atoms with E-state index in [1.165, 1.54) is 0 Å². The van der Waals surface area contributed by atoms with Crippen molar-refractivity contribution in [2.75, 3.05) is 20.8 Å². The molecule has 0 heterocycles. The van der Waals surface area contributed by atoms with Gasteiger partial charge in [-0.25, -0.2) is 0 Å². The topological polar surface area (TPSA) is 38.7 Å². The van der Waals surface area contributed by atoms with Gasteiger partial charge in [0.05, 0.1) is 18.7 Å². The molecule has 0 unspecified atom stereocenters. The van der Waals surface area contributed by atoms with Crippen molar-refractivity contribution in [2.24, 2.45) is 0 Å². The van der Waals surface area contributed by atoms with Gasteiger partial charge in [0.2, 0.25) is 0 Å². The second-order valence-electron chi connectivity index (χ2n) is 3.39. The summed E-state index contributed by atoms with van der Waals surface area (Å²) in [5, 5.41) is 9.03. The van der Waals surface area contributed by atoms with Crippen LogP contribution in [-0.2, 0) is 12.8 Å². The molecule has 0 aromatic heterocycles. The summed E-state index contributed by atoms with van der Waals surface area (Å²) < 4.78 is 11.5. The van der Waals surface area contributed by atoms with Crippen LogP contribution in [0.5, 0.6) is 11.5 Å². The van der Waals surface area contributed by atoms with Crippen LogP contribution in [0.1, 0.15) is 18.1 Å². The first-order chi connectivity index (χ1) is 7.69. The van der Waals surface area contributed by atoms with Gasteiger partial charge in [0.25, 0.3) is 0 Å². The Hall–Kier alpha value is -0.740. The first-order valence-corrected chi connectivity index (χ1v) is 6.01. The van der Waals surface area contributed by atoms with E-state index in [2.05, 4.69) is 22.9 Å². The molecule has 0 aliphatic rings. The molecule has 1 rings (SSSR count). The van der Waals surface area contributed by atoms with Gasteiger partial charge in [-0.05, 0) is 46.0 Å². The molecule has 1 aromatic carbocycles. The van der Waals surface area contributed by atoms with Crippen LogP contribution in [-0.4, -0.2) is 25.9 Å². The molecular formula is C12H17BrO3. The molecule has 4 heteroatoms. The monoisotopic (exact) mass is 288 g/mol. The van der Waals surface area contributed by atoms with Gasteiger partial charge in [-0.2, -0.15) is 0 Å². The van der Waals surface area contributed by atoms with E-state index >= 15 is 0 Å². The van der Waals surface area contributed by atoms with Crippen molar-refractivity contribution in [1.29, 1.82) is 0 Å². The third-order valence-corrected chi connectivity index (χ3v) is 3.38. The molecule has 16 heavy (non-hydrogen) atoms. The second kappa shape index (κ2) is 6.11. The number of aliphatic hydroxyl groups is 1. The molecule has 0 saturated carbocycles. The van der Waals surface area contributed by atoms with Crippen molar-refractivity contribution in [3.05, 3.63) is 21.7 Å². The zero-order valence-electron chi connectivity index (χ0n) is 9.84. The summed E-state index contributed by atoms with van der Waals surface area (Å²) in [6.07, 6.45) is 1.51. The minimum atomic E-state index is 0.134. The minimum absolute atomic E-state index is 0.134. The Morgan fingerprint density at radius 1 is 1.31 bits per heavy atom. The zero-order chi connectivity index (χ0) is 12.1. The molecule has 3 nitrogen and oxygen atoms in total. The lowest BCUT2D eigenvalue weighted by atomic mass is 10.0. The van der Waals surface area contributed by atoms with Gasteiger partial charge in [-0.15, -0.1) is 0 Å². The third kappa shape index (κ3) is 2.50. The smallest absolute Gasteiger partial charge is 0.175 e. The van der Waals surface area contributed by atoms with Crippen molar-refractivity contribution in [3.8, 4) is 11.5 Å². The Labute approximate surface area is 105 Å². The molecule has 0 atom stereocenters. The van der Waals surface area contributed by atoms with Crippen molar-refractivity contribution >= 4 is 15.9 Å². The highest BCUT2D eigenvalue weighted by atomic mass is 79.9. The largest absolute Gasteiger partial charge is 0.493 e. The lowest BCUT2D eigenvalue weighted by Crippen LogP contribution is -2.02. The molecule has 1 aromatic rings. The van der Waals surface area contributed by atoms with E-state index in [4.69, 9.17) is 14.6 Å². The van der Waals surface area contributed by atoms with E-state index < -0.39 is 0 Å². The number of ether oxygens (including phenoxy) is 2. The molecule has 0 aliphatic heterocycles. The molecule has 0 aliphatic carbocycles. The normalized spacial score (nSPS) is 10.3. The maximum Gasteiger partial charge on any atom is 0.175 e. The Balaban J connectivity index is 3.35. The first-order valence-electron chi connectivity index (χ1n) is 5.22. The van der Waals surface area contributed by atoms with Crippen LogP contribution in [0.15, 0.2) is 10.5 Å². The summed E-state index contributed by atoms with van der Waals surface area (Å²) >= 11 is 3.53. The number of aliphatic hydroxyl groups excluding tert-OH is 1. The van der Waals surface area contributed by atoms with Gasteiger partial charge in [0.15, 0.2) is 11.5 Å². The standard InChI is InChI=1S/C12H17BrO3/c1-4-9-8(5-6-14)7-10(15-2)12(16-3)11(9)13/h7,14H,4-6H2,1-3H3. The van der Waals surface area contributed by atoms with Crippen molar-refractivity contribution in [2.45, 2.75) is 19.8 Å². The predicted octanol–water partition coefficient (Wildman–Crippen LogP) is 2.56. The SMILES string of the molecule is CCc1c(CCO)cc(OC)c(OC)c1Br. The second-order valence-corrected chi connectivity index (χ2v) is 4.18. The Morgan fingerprint density at radius 3 is 2.44 bits per heavy atom. The van der Waals surface area contributed by atoms with E-state index in [-0.39, 0.29) is 6.61 Å². The highest BCUT2D eigenvalue weighted by Gasteiger charge is 2.16. The summed E-state index contributed by atoms with van der Waals surface area (Å²) in [5.74, 6) is 1.40. The molecule has 0 radical (unpaired) electrons. The third-order valence-electron chi connectivity index (χ3n) is 2.54. The van der Waals surface area contributed by atoms with E-state index in [9.17, 15) is 0 Å². The average molecular weight is 289 g/mol. The highest BCUT2D eigenvalue weighted by molar-refractivity contribution is 9.10. The summed E-state index contributed by atoms with van der Waals surface area (Å²) in [5.41, 5.74) is 2.25. The van der Waals surface area contributed by atoms with Crippen LogP contribution in [0.2, 0.25) is 0 Å². The average Bonchev–Trinajstić information content (AvgIpc) is 2.29. The first kappa shape index (κ1) is 13.3. The lowest BCUT2D eigenvalue weighted by molar-refractivity contribution is 0.298. The summed E-state index contributed by atoms with van der Waals surface area (Å²) in [7, 11) is 3.23. The predicted molar refractivity (Wildman–Crippen MR) is 67.4 cm³/mol. The van der Waals surface area contributed by atoms with Gasteiger partial charge < -0.3 is 14.6 Å².